The van der Waals surface area contributed by atoms with Crippen molar-refractivity contribution in [2.75, 3.05) is 0 Å². The fourth-order valence-electron chi connectivity index (χ4n) is 5.89. The van der Waals surface area contributed by atoms with Crippen molar-refractivity contribution in [2.24, 2.45) is 39.6 Å². The molecule has 6 nitrogen and oxygen atoms in total. The molecule has 1 aromatic carbocycles. The highest BCUT2D eigenvalue weighted by Crippen LogP contribution is 2.60. The summed E-state index contributed by atoms with van der Waals surface area (Å²) in [5.74, 6) is -0.859. The molecule has 0 spiro atoms. The van der Waals surface area contributed by atoms with Crippen LogP contribution in [0.2, 0.25) is 0 Å². The third kappa shape index (κ3) is 4.45. The fourth-order valence-corrected chi connectivity index (χ4v) is 5.89. The van der Waals surface area contributed by atoms with E-state index in [1.54, 1.807) is 6.92 Å². The van der Waals surface area contributed by atoms with Gasteiger partial charge in [-0.15, -0.1) is 0 Å². The molecule has 5 rings (SSSR count). The minimum absolute atomic E-state index is 0.00560. The van der Waals surface area contributed by atoms with E-state index >= 15 is 0 Å². The summed E-state index contributed by atoms with van der Waals surface area (Å²) in [6.07, 6.45) is -1.59. The minimum atomic E-state index is -4.42. The molecule has 4 saturated carbocycles. The van der Waals surface area contributed by atoms with Crippen LogP contribution in [0, 0.1) is 34.5 Å². The number of nitrogens with zero attached hydrogens (tertiary/aromatic N) is 2. The van der Waals surface area contributed by atoms with E-state index in [9.17, 15) is 23.2 Å². The highest BCUT2D eigenvalue weighted by molar-refractivity contribution is 5.89. The number of amides is 1. The van der Waals surface area contributed by atoms with Gasteiger partial charge >= 0.3 is 6.18 Å². The van der Waals surface area contributed by atoms with Gasteiger partial charge in [-0.3, -0.25) is 9.79 Å². The molecule has 4 aliphatic rings. The van der Waals surface area contributed by atoms with Gasteiger partial charge in [0.2, 0.25) is 5.91 Å². The van der Waals surface area contributed by atoms with E-state index in [1.807, 2.05) is 0 Å². The molecule has 9 heteroatoms. The number of ether oxygens (including phenoxy) is 1. The molecule has 0 saturated heterocycles. The Morgan fingerprint density at radius 3 is 2.36 bits per heavy atom. The molecule has 0 radical (unpaired) electrons. The first kappa shape index (κ1) is 22.2. The van der Waals surface area contributed by atoms with Crippen LogP contribution in [0.25, 0.3) is 0 Å². The minimum Gasteiger partial charge on any atom is -0.385 e. The summed E-state index contributed by atoms with van der Waals surface area (Å²) in [6.45, 7) is 1.61. The topological polar surface area (TPSA) is 114 Å². The molecular weight excluding hydrogens is 433 g/mol. The number of amidine groups is 1. The number of benzene rings is 1. The van der Waals surface area contributed by atoms with Gasteiger partial charge in [-0.1, -0.05) is 12.1 Å². The predicted molar refractivity (Wildman–Crippen MR) is 115 cm³/mol. The molecule has 33 heavy (non-hydrogen) atoms. The Bertz CT molecular complexity index is 1020. The number of hydrogen-bond acceptors (Lipinski definition) is 4. The Morgan fingerprint density at radius 1 is 1.24 bits per heavy atom. The van der Waals surface area contributed by atoms with Crippen LogP contribution >= 0.6 is 0 Å². The molecule has 3 unspecified atom stereocenters. The van der Waals surface area contributed by atoms with Gasteiger partial charge in [0, 0.05) is 6.79 Å². The van der Waals surface area contributed by atoms with Crippen molar-refractivity contribution in [3.05, 3.63) is 35.4 Å². The number of rotatable bonds is 7. The molecule has 178 valence electrons. The number of carbonyl (C=O) groups is 1. The Balaban J connectivity index is 1.51. The second-order valence-electron chi connectivity index (χ2n) is 9.96. The zero-order chi connectivity index (χ0) is 24.9. The maximum absolute atomic E-state index is 12.8. The number of nitrogens with two attached hydrogens (primary N) is 2. The van der Waals surface area contributed by atoms with Crippen LogP contribution in [-0.2, 0) is 22.3 Å². The van der Waals surface area contributed by atoms with Gasteiger partial charge < -0.3 is 16.2 Å². The lowest BCUT2D eigenvalue weighted by Gasteiger charge is -2.57. The number of carbonyl (C=O) groups excluding carboxylic acids is 1. The van der Waals surface area contributed by atoms with E-state index in [4.69, 9.17) is 22.6 Å². The molecule has 0 aliphatic heterocycles. The summed E-state index contributed by atoms with van der Waals surface area (Å²) >= 11 is 0. The van der Waals surface area contributed by atoms with Crippen molar-refractivity contribution in [2.45, 2.75) is 69.9 Å². The van der Waals surface area contributed by atoms with E-state index in [1.165, 1.54) is 12.1 Å². The van der Waals surface area contributed by atoms with Crippen LogP contribution in [0.15, 0.2) is 29.3 Å². The zero-order valence-electron chi connectivity index (χ0n) is 19.5. The smallest absolute Gasteiger partial charge is 0.385 e. The van der Waals surface area contributed by atoms with Crippen LogP contribution < -0.4 is 11.5 Å². The van der Waals surface area contributed by atoms with Crippen LogP contribution in [0.1, 0.15) is 57.9 Å². The molecule has 3 atom stereocenters. The van der Waals surface area contributed by atoms with Crippen LogP contribution in [-0.4, -0.2) is 23.4 Å². The Labute approximate surface area is 192 Å². The molecule has 0 aromatic heterocycles. The van der Waals surface area contributed by atoms with Crippen molar-refractivity contribution in [1.29, 1.82) is 5.26 Å². The van der Waals surface area contributed by atoms with Gasteiger partial charge in [-0.05, 0) is 74.5 Å². The van der Waals surface area contributed by atoms with E-state index < -0.39 is 28.6 Å². The number of nitriles is 1. The van der Waals surface area contributed by atoms with E-state index in [-0.39, 0.29) is 42.6 Å². The normalized spacial score (nSPS) is 35.5. The molecule has 4 aliphatic carbocycles. The van der Waals surface area contributed by atoms with Crippen molar-refractivity contribution in [3.8, 4) is 6.07 Å². The zero-order valence-corrected chi connectivity index (χ0v) is 18.5. The first-order valence-electron chi connectivity index (χ1n) is 11.6. The Hall–Kier alpha value is -2.60. The summed E-state index contributed by atoms with van der Waals surface area (Å²) in [5, 5.41) is 9.37. The van der Waals surface area contributed by atoms with Crippen molar-refractivity contribution in [1.82, 2.24) is 0 Å². The van der Waals surface area contributed by atoms with Crippen molar-refractivity contribution < 1.29 is 24.1 Å². The molecule has 4 fully saturated rings. The number of alkyl halides is 3. The quantitative estimate of drug-likeness (QED) is 0.471. The van der Waals surface area contributed by atoms with E-state index in [2.05, 4.69) is 6.07 Å². The third-order valence-corrected chi connectivity index (χ3v) is 7.57. The van der Waals surface area contributed by atoms with Gasteiger partial charge in [0.15, 0.2) is 0 Å². The summed E-state index contributed by atoms with van der Waals surface area (Å²) in [5.41, 5.74) is 9.99. The lowest BCUT2D eigenvalue weighted by Crippen LogP contribution is -2.58. The molecule has 4 N–H and O–H groups in total. The lowest BCUT2D eigenvalue weighted by molar-refractivity contribution is -0.144. The average molecular weight is 464 g/mol. The van der Waals surface area contributed by atoms with Crippen LogP contribution in [0.5, 0.6) is 0 Å². The van der Waals surface area contributed by atoms with Gasteiger partial charge in [-0.2, -0.15) is 18.4 Å². The van der Waals surface area contributed by atoms with Gasteiger partial charge in [-0.25, -0.2) is 0 Å². The highest BCUT2D eigenvalue weighted by Gasteiger charge is 2.58. The van der Waals surface area contributed by atoms with Gasteiger partial charge in [0.1, 0.15) is 11.4 Å². The average Bonchev–Trinajstić information content (AvgIpc) is 2.73. The molecule has 1 aromatic rings. The molecule has 0 heterocycles. The summed E-state index contributed by atoms with van der Waals surface area (Å²) in [4.78, 5) is 17.0. The standard InChI is InChI=1S/C24H29F3N4O2/c1-22(6-7-28,33-13-14-2-4-18(5-3-14)24(25,26)27)20(29)31-19-16-8-15-9-17(19)12-23(10-15,11-16)21(30)32/h2-5,15-17,19H,6,8-13H2,1H3,(H2,29,31)(H2,30,32)/i15D. The maximum atomic E-state index is 12.8. The molecule has 4 bridgehead atoms. The second kappa shape index (κ2) is 8.32. The van der Waals surface area contributed by atoms with Gasteiger partial charge in [0.25, 0.3) is 0 Å². The first-order chi connectivity index (χ1) is 15.8. The predicted octanol–water partition coefficient (Wildman–Crippen LogP) is 3.93. The largest absolute Gasteiger partial charge is 0.416 e. The Morgan fingerprint density at radius 2 is 1.85 bits per heavy atom. The number of halogens is 3. The third-order valence-electron chi connectivity index (χ3n) is 7.57. The van der Waals surface area contributed by atoms with Gasteiger partial charge in [0.05, 0.1) is 30.7 Å². The van der Waals surface area contributed by atoms with E-state index in [0.29, 0.717) is 37.7 Å². The number of hydrogen-bond donors (Lipinski definition) is 2. The fraction of sp³-hybridized carbons (Fsp3) is 0.625. The summed E-state index contributed by atoms with van der Waals surface area (Å²) in [7, 11) is 0. The van der Waals surface area contributed by atoms with Crippen molar-refractivity contribution >= 4 is 11.7 Å². The number of aliphatic imine (C=N–C) groups is 1. The maximum Gasteiger partial charge on any atom is 0.416 e. The van der Waals surface area contributed by atoms with E-state index in [0.717, 1.165) is 12.1 Å². The second-order valence-corrected chi connectivity index (χ2v) is 9.96. The molecule has 1 amide bonds. The van der Waals surface area contributed by atoms with Crippen molar-refractivity contribution in [3.63, 3.8) is 0 Å². The Kier molecular flexibility index (Phi) is 5.60. The number of primary amides is 1. The highest BCUT2D eigenvalue weighted by atomic mass is 19.4. The summed E-state index contributed by atoms with van der Waals surface area (Å²) < 4.78 is 53.1. The molecular formula is C24H29F3N4O2. The lowest BCUT2D eigenvalue weighted by atomic mass is 9.48. The first-order valence-corrected chi connectivity index (χ1v) is 11.1. The monoisotopic (exact) mass is 463 g/mol. The summed E-state index contributed by atoms with van der Waals surface area (Å²) in [6, 6.07) is 6.51. The van der Waals surface area contributed by atoms with Crippen LogP contribution in [0.3, 0.4) is 0 Å². The SMILES string of the molecule is [2H]C12CC3CC(C(N)=O)(CC(C1)C3N=C(N)C(C)(CC#N)OCc1ccc(C(F)(F)F)cc1)C2. The van der Waals surface area contributed by atoms with Crippen LogP contribution in [0.4, 0.5) is 13.2 Å².